The van der Waals surface area contributed by atoms with Gasteiger partial charge in [0.05, 0.1) is 6.61 Å². The molecule has 5 nitrogen and oxygen atoms in total. The summed E-state index contributed by atoms with van der Waals surface area (Å²) in [5, 5.41) is -0.186. The Hall–Kier alpha value is -1.54. The lowest BCUT2D eigenvalue weighted by Crippen LogP contribution is -2.02. The summed E-state index contributed by atoms with van der Waals surface area (Å²) in [6.45, 7) is 2.03. The summed E-state index contributed by atoms with van der Waals surface area (Å²) in [5.74, 6) is -2.62. The van der Waals surface area contributed by atoms with Crippen molar-refractivity contribution >= 4 is 27.5 Å². The van der Waals surface area contributed by atoms with E-state index in [1.54, 1.807) is 6.92 Å². The molecular formula is C11H7BrClF2N3O2. The Bertz CT molecular complexity index is 645. The lowest BCUT2D eigenvalue weighted by molar-refractivity contribution is 0.301. The maximum atomic E-state index is 13.6. The van der Waals surface area contributed by atoms with Gasteiger partial charge >= 0.3 is 12.0 Å². The van der Waals surface area contributed by atoms with Crippen molar-refractivity contribution < 1.29 is 18.3 Å². The Morgan fingerprint density at radius 2 is 1.90 bits per heavy atom. The Morgan fingerprint density at radius 3 is 2.60 bits per heavy atom. The molecule has 0 aliphatic heterocycles. The van der Waals surface area contributed by atoms with Gasteiger partial charge in [0.2, 0.25) is 11.1 Å². The minimum Gasteiger partial charge on any atom is -0.464 e. The van der Waals surface area contributed by atoms with Gasteiger partial charge in [-0.25, -0.2) is 4.39 Å². The van der Waals surface area contributed by atoms with Crippen LogP contribution in [0.25, 0.3) is 0 Å². The summed E-state index contributed by atoms with van der Waals surface area (Å²) in [6, 6.07) is 1.83. The van der Waals surface area contributed by atoms with Gasteiger partial charge in [0, 0.05) is 4.47 Å². The first-order valence-corrected chi connectivity index (χ1v) is 6.53. The summed E-state index contributed by atoms with van der Waals surface area (Å²) < 4.78 is 37.2. The number of halogens is 4. The van der Waals surface area contributed by atoms with Crippen molar-refractivity contribution in [2.45, 2.75) is 6.92 Å². The van der Waals surface area contributed by atoms with Crippen LogP contribution < -0.4 is 9.47 Å². The van der Waals surface area contributed by atoms with E-state index in [1.165, 1.54) is 6.07 Å². The quantitative estimate of drug-likeness (QED) is 0.771. The highest BCUT2D eigenvalue weighted by Crippen LogP contribution is 2.28. The number of rotatable bonds is 4. The second kappa shape index (κ2) is 6.27. The smallest absolute Gasteiger partial charge is 0.329 e. The third kappa shape index (κ3) is 3.51. The van der Waals surface area contributed by atoms with Gasteiger partial charge in [-0.15, -0.1) is 4.98 Å². The van der Waals surface area contributed by atoms with Crippen LogP contribution in [0.1, 0.15) is 6.92 Å². The SMILES string of the molecule is CCOc1nc(Cl)nc(Oc2cc(Br)cc(F)c2F)n1. The maximum absolute atomic E-state index is 13.6. The average molecular weight is 367 g/mol. The second-order valence-corrected chi connectivity index (χ2v) is 4.66. The van der Waals surface area contributed by atoms with Crippen molar-refractivity contribution in [3.8, 4) is 17.8 Å². The van der Waals surface area contributed by atoms with Crippen molar-refractivity contribution in [3.05, 3.63) is 33.5 Å². The Balaban J connectivity index is 2.34. The van der Waals surface area contributed by atoms with E-state index >= 15 is 0 Å². The van der Waals surface area contributed by atoms with E-state index in [-0.39, 0.29) is 23.1 Å². The minimum absolute atomic E-state index is 0.0709. The molecule has 106 valence electrons. The van der Waals surface area contributed by atoms with Crippen LogP contribution in [0.3, 0.4) is 0 Å². The zero-order valence-electron chi connectivity index (χ0n) is 10.0. The number of aromatic nitrogens is 3. The van der Waals surface area contributed by atoms with Crippen molar-refractivity contribution in [1.29, 1.82) is 0 Å². The van der Waals surface area contributed by atoms with Gasteiger partial charge in [-0.1, -0.05) is 15.9 Å². The topological polar surface area (TPSA) is 57.1 Å². The molecule has 1 aromatic heterocycles. The molecule has 1 aromatic carbocycles. The predicted octanol–water partition coefficient (Wildman–Crippen LogP) is 3.76. The normalized spacial score (nSPS) is 10.4. The molecule has 0 unspecified atom stereocenters. The van der Waals surface area contributed by atoms with Crippen LogP contribution >= 0.6 is 27.5 Å². The maximum Gasteiger partial charge on any atom is 0.329 e. The molecule has 9 heteroatoms. The van der Waals surface area contributed by atoms with Gasteiger partial charge in [-0.3, -0.25) is 0 Å². The van der Waals surface area contributed by atoms with Crippen LogP contribution in [0.15, 0.2) is 16.6 Å². The molecular weight excluding hydrogens is 359 g/mol. The number of ether oxygens (including phenoxy) is 2. The van der Waals surface area contributed by atoms with Crippen LogP contribution in [-0.2, 0) is 0 Å². The highest BCUT2D eigenvalue weighted by Gasteiger charge is 2.15. The number of nitrogens with zero attached hydrogens (tertiary/aromatic N) is 3. The monoisotopic (exact) mass is 365 g/mol. The lowest BCUT2D eigenvalue weighted by Gasteiger charge is -2.07. The fourth-order valence-corrected chi connectivity index (χ4v) is 1.81. The predicted molar refractivity (Wildman–Crippen MR) is 70.1 cm³/mol. The Morgan fingerprint density at radius 1 is 1.20 bits per heavy atom. The first-order chi connectivity index (χ1) is 9.49. The van der Waals surface area contributed by atoms with Gasteiger partial charge in [0.25, 0.3) is 0 Å². The molecule has 1 heterocycles. The summed E-state index contributed by atoms with van der Waals surface area (Å²) in [6.07, 6.45) is 0. The zero-order valence-corrected chi connectivity index (χ0v) is 12.4. The molecule has 2 rings (SSSR count). The second-order valence-electron chi connectivity index (χ2n) is 3.40. The summed E-state index contributed by atoms with van der Waals surface area (Å²) in [4.78, 5) is 11.1. The largest absolute Gasteiger partial charge is 0.464 e. The number of benzene rings is 1. The summed E-state index contributed by atoms with van der Waals surface area (Å²) in [5.41, 5.74) is 0. The highest BCUT2D eigenvalue weighted by molar-refractivity contribution is 9.10. The van der Waals surface area contributed by atoms with Gasteiger partial charge in [0.15, 0.2) is 11.6 Å². The molecule has 0 fully saturated rings. The van der Waals surface area contributed by atoms with Crippen molar-refractivity contribution in [1.82, 2.24) is 15.0 Å². The summed E-state index contributed by atoms with van der Waals surface area (Å²) >= 11 is 8.68. The van der Waals surface area contributed by atoms with Gasteiger partial charge in [-0.2, -0.15) is 14.4 Å². The fourth-order valence-electron chi connectivity index (χ4n) is 1.26. The van der Waals surface area contributed by atoms with Crippen molar-refractivity contribution in [2.24, 2.45) is 0 Å². The molecule has 0 aliphatic rings. The molecule has 0 aliphatic carbocycles. The van der Waals surface area contributed by atoms with Gasteiger partial charge in [0.1, 0.15) is 0 Å². The molecule has 0 N–H and O–H groups in total. The zero-order chi connectivity index (χ0) is 14.7. The molecule has 0 bridgehead atoms. The molecule has 2 aromatic rings. The third-order valence-corrected chi connectivity index (χ3v) is 2.63. The van der Waals surface area contributed by atoms with Crippen LogP contribution in [0.4, 0.5) is 8.78 Å². The first-order valence-electron chi connectivity index (χ1n) is 5.36. The Labute approximate surface area is 126 Å². The molecule has 0 atom stereocenters. The summed E-state index contributed by atoms with van der Waals surface area (Å²) in [7, 11) is 0. The van der Waals surface area contributed by atoms with Crippen molar-refractivity contribution in [2.75, 3.05) is 6.61 Å². The fraction of sp³-hybridized carbons (Fsp3) is 0.182. The first kappa shape index (κ1) is 14.9. The van der Waals surface area contributed by atoms with Gasteiger partial charge < -0.3 is 9.47 Å². The van der Waals surface area contributed by atoms with Crippen LogP contribution in [0.2, 0.25) is 5.28 Å². The highest BCUT2D eigenvalue weighted by atomic mass is 79.9. The standard InChI is InChI=1S/C11H7BrClF2N3O2/c1-2-19-10-16-9(13)17-11(18-10)20-7-4-5(12)3-6(14)8(7)15/h3-4H,2H2,1H3. The van der Waals surface area contributed by atoms with Crippen molar-refractivity contribution in [3.63, 3.8) is 0 Å². The van der Waals surface area contributed by atoms with Crippen LogP contribution in [0, 0.1) is 11.6 Å². The minimum atomic E-state index is -1.16. The van der Waals surface area contributed by atoms with E-state index in [0.717, 1.165) is 6.07 Å². The molecule has 0 saturated heterocycles. The van der Waals surface area contributed by atoms with E-state index in [9.17, 15) is 8.78 Å². The van der Waals surface area contributed by atoms with Crippen LogP contribution in [-0.4, -0.2) is 21.6 Å². The number of hydrogen-bond acceptors (Lipinski definition) is 5. The lowest BCUT2D eigenvalue weighted by atomic mass is 10.3. The van der Waals surface area contributed by atoms with E-state index in [0.29, 0.717) is 11.1 Å². The Kier molecular flexibility index (Phi) is 4.66. The molecule has 0 saturated carbocycles. The van der Waals surface area contributed by atoms with E-state index in [1.807, 2.05) is 0 Å². The van der Waals surface area contributed by atoms with E-state index < -0.39 is 11.6 Å². The molecule has 0 amide bonds. The van der Waals surface area contributed by atoms with Gasteiger partial charge in [-0.05, 0) is 30.7 Å². The molecule has 0 radical (unpaired) electrons. The molecule has 0 spiro atoms. The third-order valence-electron chi connectivity index (χ3n) is 2.00. The average Bonchev–Trinajstić information content (AvgIpc) is 2.35. The van der Waals surface area contributed by atoms with E-state index in [2.05, 4.69) is 30.9 Å². The molecule has 20 heavy (non-hydrogen) atoms. The van der Waals surface area contributed by atoms with Crippen LogP contribution in [0.5, 0.6) is 17.8 Å². The number of hydrogen-bond donors (Lipinski definition) is 0. The van der Waals surface area contributed by atoms with E-state index in [4.69, 9.17) is 21.1 Å².